The fraction of sp³-hybridized carbons (Fsp3) is 0.350. The van der Waals surface area contributed by atoms with Crippen LogP contribution in [-0.2, 0) is 0 Å². The SMILES string of the molecule is COc1ccc(C)cc1NC(=O)c1cc(C(=O)N2CCN(C)CC2)ccn1. The third-order valence-electron chi connectivity index (χ3n) is 4.63. The van der Waals surface area contributed by atoms with E-state index in [2.05, 4.69) is 15.2 Å². The van der Waals surface area contributed by atoms with Crippen molar-refractivity contribution in [2.24, 2.45) is 0 Å². The van der Waals surface area contributed by atoms with Gasteiger partial charge in [0.05, 0.1) is 12.8 Å². The molecule has 2 aromatic rings. The minimum absolute atomic E-state index is 0.0762. The average molecular weight is 368 g/mol. The van der Waals surface area contributed by atoms with E-state index in [0.717, 1.165) is 18.7 Å². The largest absolute Gasteiger partial charge is 0.495 e. The first-order valence-electron chi connectivity index (χ1n) is 8.88. The number of hydrogen-bond acceptors (Lipinski definition) is 5. The van der Waals surface area contributed by atoms with Gasteiger partial charge in [0.1, 0.15) is 11.4 Å². The van der Waals surface area contributed by atoms with Gasteiger partial charge in [-0.1, -0.05) is 6.07 Å². The van der Waals surface area contributed by atoms with Crippen molar-refractivity contribution in [1.29, 1.82) is 0 Å². The fourth-order valence-electron chi connectivity index (χ4n) is 2.99. The predicted octanol–water partition coefficient (Wildman–Crippen LogP) is 2.04. The number of rotatable bonds is 4. The zero-order valence-corrected chi connectivity index (χ0v) is 15.9. The zero-order valence-electron chi connectivity index (χ0n) is 15.9. The summed E-state index contributed by atoms with van der Waals surface area (Å²) in [6.07, 6.45) is 1.49. The van der Waals surface area contributed by atoms with E-state index in [1.807, 2.05) is 26.1 Å². The summed E-state index contributed by atoms with van der Waals surface area (Å²) in [4.78, 5) is 33.5. The summed E-state index contributed by atoms with van der Waals surface area (Å²) in [6.45, 7) is 4.98. The Bertz CT molecular complexity index is 845. The summed E-state index contributed by atoms with van der Waals surface area (Å²) in [7, 11) is 3.59. The first-order valence-corrected chi connectivity index (χ1v) is 8.88. The second-order valence-corrected chi connectivity index (χ2v) is 6.68. The van der Waals surface area contributed by atoms with Gasteiger partial charge in [-0.25, -0.2) is 0 Å². The van der Waals surface area contributed by atoms with E-state index in [4.69, 9.17) is 4.74 Å². The van der Waals surface area contributed by atoms with Crippen LogP contribution in [0.25, 0.3) is 0 Å². The lowest BCUT2D eigenvalue weighted by Gasteiger charge is -2.32. The Morgan fingerprint density at radius 2 is 1.85 bits per heavy atom. The van der Waals surface area contributed by atoms with Crippen molar-refractivity contribution in [2.45, 2.75) is 6.92 Å². The van der Waals surface area contributed by atoms with E-state index in [9.17, 15) is 9.59 Å². The van der Waals surface area contributed by atoms with Crippen LogP contribution in [0.1, 0.15) is 26.4 Å². The number of nitrogens with zero attached hydrogens (tertiary/aromatic N) is 3. The number of aromatic nitrogens is 1. The maximum Gasteiger partial charge on any atom is 0.274 e. The minimum Gasteiger partial charge on any atom is -0.495 e. The molecule has 142 valence electrons. The number of aryl methyl sites for hydroxylation is 1. The summed E-state index contributed by atoms with van der Waals surface area (Å²) in [5.74, 6) is 0.109. The van der Waals surface area contributed by atoms with Crippen LogP contribution in [0.4, 0.5) is 5.69 Å². The van der Waals surface area contributed by atoms with Gasteiger partial charge in [-0.3, -0.25) is 14.6 Å². The predicted molar refractivity (Wildman–Crippen MR) is 103 cm³/mol. The number of methoxy groups -OCH3 is 1. The molecule has 1 saturated heterocycles. The molecule has 27 heavy (non-hydrogen) atoms. The standard InChI is InChI=1S/C20H24N4O3/c1-14-4-5-18(27-3)16(12-14)22-19(25)17-13-15(6-7-21-17)20(26)24-10-8-23(2)9-11-24/h4-7,12-13H,8-11H2,1-3H3,(H,22,25). The Hall–Kier alpha value is -2.93. The van der Waals surface area contributed by atoms with Gasteiger partial charge in [-0.05, 0) is 43.8 Å². The third kappa shape index (κ3) is 4.43. The van der Waals surface area contributed by atoms with Crippen molar-refractivity contribution in [2.75, 3.05) is 45.7 Å². The van der Waals surface area contributed by atoms with Crippen LogP contribution in [0, 0.1) is 6.92 Å². The van der Waals surface area contributed by atoms with Crippen molar-refractivity contribution < 1.29 is 14.3 Å². The van der Waals surface area contributed by atoms with Crippen LogP contribution in [-0.4, -0.2) is 66.9 Å². The van der Waals surface area contributed by atoms with Crippen LogP contribution in [0.3, 0.4) is 0 Å². The summed E-state index contributed by atoms with van der Waals surface area (Å²) >= 11 is 0. The maximum atomic E-state index is 12.7. The number of anilines is 1. The van der Waals surface area contributed by atoms with Crippen molar-refractivity contribution in [3.63, 3.8) is 0 Å². The quantitative estimate of drug-likeness (QED) is 0.894. The van der Waals surface area contributed by atoms with Gasteiger partial charge < -0.3 is 19.9 Å². The second kappa shape index (κ2) is 8.18. The van der Waals surface area contributed by atoms with Crippen molar-refractivity contribution in [1.82, 2.24) is 14.8 Å². The zero-order chi connectivity index (χ0) is 19.4. The van der Waals surface area contributed by atoms with Crippen LogP contribution in [0.5, 0.6) is 5.75 Å². The minimum atomic E-state index is -0.382. The maximum absolute atomic E-state index is 12.7. The van der Waals surface area contributed by atoms with E-state index >= 15 is 0 Å². The number of carbonyl (C=O) groups excluding carboxylic acids is 2. The number of amides is 2. The molecule has 0 bridgehead atoms. The first-order chi connectivity index (χ1) is 13.0. The molecule has 0 atom stereocenters. The molecule has 0 saturated carbocycles. The van der Waals surface area contributed by atoms with Gasteiger partial charge in [0.15, 0.2) is 0 Å². The molecule has 0 spiro atoms. The normalized spacial score (nSPS) is 14.7. The smallest absolute Gasteiger partial charge is 0.274 e. The number of ether oxygens (including phenoxy) is 1. The highest BCUT2D eigenvalue weighted by molar-refractivity contribution is 6.05. The molecule has 1 N–H and O–H groups in total. The van der Waals surface area contributed by atoms with Gasteiger partial charge in [0, 0.05) is 37.9 Å². The average Bonchev–Trinajstić information content (AvgIpc) is 2.68. The van der Waals surface area contributed by atoms with Gasteiger partial charge in [-0.2, -0.15) is 0 Å². The third-order valence-corrected chi connectivity index (χ3v) is 4.63. The molecule has 3 rings (SSSR count). The Morgan fingerprint density at radius 3 is 2.56 bits per heavy atom. The second-order valence-electron chi connectivity index (χ2n) is 6.68. The summed E-state index contributed by atoms with van der Waals surface area (Å²) in [6, 6.07) is 8.71. The summed E-state index contributed by atoms with van der Waals surface area (Å²) in [5, 5.41) is 2.81. The van der Waals surface area contributed by atoms with Crippen LogP contribution in [0.2, 0.25) is 0 Å². The molecular formula is C20H24N4O3. The summed E-state index contributed by atoms with van der Waals surface area (Å²) in [5.41, 5.74) is 2.23. The van der Waals surface area contributed by atoms with Crippen molar-refractivity contribution in [3.05, 3.63) is 53.3 Å². The Morgan fingerprint density at radius 1 is 1.11 bits per heavy atom. The lowest BCUT2D eigenvalue weighted by molar-refractivity contribution is 0.0664. The number of pyridine rings is 1. The monoisotopic (exact) mass is 368 g/mol. The lowest BCUT2D eigenvalue weighted by Crippen LogP contribution is -2.47. The Labute approximate surface area is 158 Å². The molecule has 2 heterocycles. The molecule has 0 unspecified atom stereocenters. The van der Waals surface area contributed by atoms with E-state index in [1.54, 1.807) is 24.1 Å². The Balaban J connectivity index is 1.76. The highest BCUT2D eigenvalue weighted by Crippen LogP contribution is 2.25. The number of piperazine rings is 1. The topological polar surface area (TPSA) is 74.8 Å². The molecule has 0 aliphatic carbocycles. The van der Waals surface area contributed by atoms with Gasteiger partial charge >= 0.3 is 0 Å². The van der Waals surface area contributed by atoms with Gasteiger partial charge in [0.25, 0.3) is 11.8 Å². The van der Waals surface area contributed by atoms with E-state index in [-0.39, 0.29) is 17.5 Å². The van der Waals surface area contributed by atoms with Crippen molar-refractivity contribution in [3.8, 4) is 5.75 Å². The lowest BCUT2D eigenvalue weighted by atomic mass is 10.1. The molecule has 1 aromatic carbocycles. The molecule has 2 amide bonds. The van der Waals surface area contributed by atoms with Gasteiger partial charge in [0.2, 0.25) is 0 Å². The van der Waals surface area contributed by atoms with Crippen LogP contribution in [0.15, 0.2) is 36.5 Å². The fourth-order valence-corrected chi connectivity index (χ4v) is 2.99. The highest BCUT2D eigenvalue weighted by atomic mass is 16.5. The number of nitrogens with one attached hydrogen (secondary N) is 1. The molecule has 7 nitrogen and oxygen atoms in total. The van der Waals surface area contributed by atoms with E-state index < -0.39 is 0 Å². The highest BCUT2D eigenvalue weighted by Gasteiger charge is 2.21. The van der Waals surface area contributed by atoms with Crippen LogP contribution < -0.4 is 10.1 Å². The van der Waals surface area contributed by atoms with E-state index in [1.165, 1.54) is 12.3 Å². The molecule has 1 aliphatic heterocycles. The molecule has 1 aromatic heterocycles. The van der Waals surface area contributed by atoms with Gasteiger partial charge in [-0.15, -0.1) is 0 Å². The van der Waals surface area contributed by atoms with E-state index in [0.29, 0.717) is 30.1 Å². The summed E-state index contributed by atoms with van der Waals surface area (Å²) < 4.78 is 5.29. The Kier molecular flexibility index (Phi) is 5.71. The van der Waals surface area contributed by atoms with Crippen molar-refractivity contribution >= 4 is 17.5 Å². The molecular weight excluding hydrogens is 344 g/mol. The number of hydrogen-bond donors (Lipinski definition) is 1. The number of carbonyl (C=O) groups is 2. The molecule has 1 fully saturated rings. The molecule has 0 radical (unpaired) electrons. The molecule has 1 aliphatic rings. The number of likely N-dealkylation sites (N-methyl/N-ethyl adjacent to an activating group) is 1. The number of benzene rings is 1. The van der Waals surface area contributed by atoms with Crippen LogP contribution >= 0.6 is 0 Å². The first kappa shape index (κ1) is 18.8. The molecule has 7 heteroatoms.